The lowest BCUT2D eigenvalue weighted by Crippen LogP contribution is -2.54. The number of nitrogens with one attached hydrogen (secondary N) is 1. The third-order valence-electron chi connectivity index (χ3n) is 5.06. The van der Waals surface area contributed by atoms with Crippen LogP contribution in [-0.4, -0.2) is 25.0 Å². The molecule has 1 heterocycles. The molecule has 1 aliphatic rings. The van der Waals surface area contributed by atoms with Crippen LogP contribution in [0.1, 0.15) is 11.1 Å². The summed E-state index contributed by atoms with van der Waals surface area (Å²) >= 11 is 12.0. The van der Waals surface area contributed by atoms with Gasteiger partial charge in [-0.05, 0) is 65.7 Å². The highest BCUT2D eigenvalue weighted by Crippen LogP contribution is 2.31. The van der Waals surface area contributed by atoms with Gasteiger partial charge in [0, 0.05) is 0 Å². The number of benzene rings is 3. The average molecular weight is 515 g/mol. The summed E-state index contributed by atoms with van der Waals surface area (Å²) in [5, 5.41) is 2.96. The molecular formula is C25H17Cl2FN2O5. The zero-order valence-corrected chi connectivity index (χ0v) is 19.7. The van der Waals surface area contributed by atoms with Gasteiger partial charge < -0.3 is 9.47 Å². The number of hydrogen-bond donors (Lipinski definition) is 1. The van der Waals surface area contributed by atoms with E-state index < -0.39 is 23.7 Å². The summed E-state index contributed by atoms with van der Waals surface area (Å²) in [7, 11) is 1.45. The number of rotatable bonds is 6. The number of urea groups is 1. The molecule has 1 saturated heterocycles. The van der Waals surface area contributed by atoms with E-state index in [0.717, 1.165) is 22.6 Å². The number of ether oxygens (including phenoxy) is 2. The van der Waals surface area contributed by atoms with Crippen molar-refractivity contribution in [3.8, 4) is 11.5 Å². The molecule has 1 N–H and O–H groups in total. The van der Waals surface area contributed by atoms with Gasteiger partial charge in [0.1, 0.15) is 18.0 Å². The van der Waals surface area contributed by atoms with Crippen LogP contribution in [0.2, 0.25) is 10.0 Å². The van der Waals surface area contributed by atoms with Crippen LogP contribution in [0.15, 0.2) is 66.2 Å². The van der Waals surface area contributed by atoms with Crippen LogP contribution in [0.4, 0.5) is 14.9 Å². The van der Waals surface area contributed by atoms with Crippen molar-refractivity contribution >= 4 is 52.8 Å². The second-order valence-electron chi connectivity index (χ2n) is 7.38. The highest BCUT2D eigenvalue weighted by atomic mass is 35.5. The van der Waals surface area contributed by atoms with Gasteiger partial charge in [0.15, 0.2) is 11.5 Å². The number of nitrogens with zero attached hydrogens (tertiary/aromatic N) is 1. The minimum atomic E-state index is -0.924. The third kappa shape index (κ3) is 5.29. The molecule has 0 aromatic heterocycles. The van der Waals surface area contributed by atoms with Crippen molar-refractivity contribution in [3.63, 3.8) is 0 Å². The van der Waals surface area contributed by atoms with E-state index >= 15 is 0 Å². The van der Waals surface area contributed by atoms with Crippen LogP contribution >= 0.6 is 23.2 Å². The molecule has 1 aliphatic heterocycles. The molecule has 3 aromatic carbocycles. The maximum Gasteiger partial charge on any atom is 0.335 e. The van der Waals surface area contributed by atoms with E-state index in [1.165, 1.54) is 25.3 Å². The molecule has 0 bridgehead atoms. The maximum absolute atomic E-state index is 13.3. The quantitative estimate of drug-likeness (QED) is 0.352. The normalized spacial score (nSPS) is 14.8. The molecule has 1 fully saturated rings. The second-order valence-corrected chi connectivity index (χ2v) is 8.20. The molecule has 178 valence electrons. The number of imide groups is 2. The van der Waals surface area contributed by atoms with Crippen LogP contribution in [0.5, 0.6) is 11.5 Å². The molecule has 0 radical (unpaired) electrons. The van der Waals surface area contributed by atoms with Crippen molar-refractivity contribution in [3.05, 3.63) is 93.2 Å². The first-order valence-electron chi connectivity index (χ1n) is 10.2. The van der Waals surface area contributed by atoms with Crippen LogP contribution in [0.3, 0.4) is 0 Å². The molecular weight excluding hydrogens is 498 g/mol. The first kappa shape index (κ1) is 24.3. The zero-order valence-electron chi connectivity index (χ0n) is 18.2. The summed E-state index contributed by atoms with van der Waals surface area (Å²) in [6.45, 7) is 0.198. The van der Waals surface area contributed by atoms with E-state index in [-0.39, 0.29) is 17.9 Å². The first-order valence-corrected chi connectivity index (χ1v) is 10.9. The van der Waals surface area contributed by atoms with Crippen molar-refractivity contribution in [2.45, 2.75) is 6.61 Å². The maximum atomic E-state index is 13.3. The fourth-order valence-electron chi connectivity index (χ4n) is 3.33. The third-order valence-corrected chi connectivity index (χ3v) is 5.80. The molecule has 4 rings (SSSR count). The van der Waals surface area contributed by atoms with E-state index in [0.29, 0.717) is 27.1 Å². The predicted molar refractivity (Wildman–Crippen MR) is 129 cm³/mol. The van der Waals surface area contributed by atoms with Crippen molar-refractivity contribution < 1.29 is 28.2 Å². The topological polar surface area (TPSA) is 84.9 Å². The van der Waals surface area contributed by atoms with Crippen LogP contribution in [0.25, 0.3) is 6.08 Å². The Morgan fingerprint density at radius 3 is 2.37 bits per heavy atom. The molecule has 0 atom stereocenters. The Kier molecular flexibility index (Phi) is 7.04. The highest BCUT2D eigenvalue weighted by molar-refractivity contribution is 6.42. The number of halogens is 3. The molecule has 0 spiro atoms. The Hall–Kier alpha value is -3.88. The molecule has 3 aromatic rings. The van der Waals surface area contributed by atoms with Gasteiger partial charge in [0.05, 0.1) is 22.8 Å². The van der Waals surface area contributed by atoms with E-state index in [1.54, 1.807) is 36.4 Å². The number of hydrogen-bond acceptors (Lipinski definition) is 5. The lowest BCUT2D eigenvalue weighted by molar-refractivity contribution is -0.122. The van der Waals surface area contributed by atoms with E-state index in [4.69, 9.17) is 32.7 Å². The van der Waals surface area contributed by atoms with Crippen molar-refractivity contribution in [2.75, 3.05) is 12.0 Å². The van der Waals surface area contributed by atoms with Gasteiger partial charge in [0.25, 0.3) is 11.8 Å². The summed E-state index contributed by atoms with van der Waals surface area (Å²) in [6.07, 6.45) is 1.33. The summed E-state index contributed by atoms with van der Waals surface area (Å²) in [6, 6.07) is 13.8. The zero-order chi connectivity index (χ0) is 25.1. The lowest BCUT2D eigenvalue weighted by atomic mass is 10.1. The number of carbonyl (C=O) groups excluding carboxylic acids is 3. The van der Waals surface area contributed by atoms with E-state index in [2.05, 4.69) is 5.32 Å². The Labute approximate surface area is 209 Å². The van der Waals surface area contributed by atoms with Gasteiger partial charge in [-0.15, -0.1) is 0 Å². The smallest absolute Gasteiger partial charge is 0.335 e. The lowest BCUT2D eigenvalue weighted by Gasteiger charge is -2.26. The summed E-state index contributed by atoms with van der Waals surface area (Å²) in [5.41, 5.74) is 1.09. The molecule has 4 amide bonds. The minimum absolute atomic E-state index is 0.121. The number of barbiturate groups is 1. The largest absolute Gasteiger partial charge is 0.493 e. The van der Waals surface area contributed by atoms with Gasteiger partial charge in [-0.25, -0.2) is 14.1 Å². The molecule has 35 heavy (non-hydrogen) atoms. The van der Waals surface area contributed by atoms with Gasteiger partial charge in [-0.1, -0.05) is 35.3 Å². The second kappa shape index (κ2) is 10.2. The standard InChI is InChI=1S/C25H17Cl2FN2O5/c1-34-22-12-14(3-9-21(22)35-13-15-2-8-19(26)20(27)11-15)10-18-23(31)29-25(33)30(24(18)32)17-6-4-16(28)5-7-17/h2-12H,13H2,1H3,(H,29,31,33)/b18-10+. The van der Waals surface area contributed by atoms with Gasteiger partial charge >= 0.3 is 6.03 Å². The number of methoxy groups -OCH3 is 1. The molecule has 0 saturated carbocycles. The Bertz CT molecular complexity index is 1360. The summed E-state index contributed by atoms with van der Waals surface area (Å²) in [5.74, 6) is -1.45. The minimum Gasteiger partial charge on any atom is -0.493 e. The molecule has 10 heteroatoms. The van der Waals surface area contributed by atoms with E-state index in [9.17, 15) is 18.8 Å². The van der Waals surface area contributed by atoms with Crippen LogP contribution in [0, 0.1) is 5.82 Å². The van der Waals surface area contributed by atoms with E-state index in [1.807, 2.05) is 0 Å². The Morgan fingerprint density at radius 1 is 0.943 bits per heavy atom. The number of carbonyl (C=O) groups is 3. The Balaban J connectivity index is 1.58. The Morgan fingerprint density at radius 2 is 1.69 bits per heavy atom. The van der Waals surface area contributed by atoms with Crippen molar-refractivity contribution in [1.29, 1.82) is 0 Å². The van der Waals surface area contributed by atoms with Crippen LogP contribution < -0.4 is 19.7 Å². The highest BCUT2D eigenvalue weighted by Gasteiger charge is 2.36. The summed E-state index contributed by atoms with van der Waals surface area (Å²) < 4.78 is 24.5. The SMILES string of the molecule is COc1cc(/C=C2\C(=O)NC(=O)N(c3ccc(F)cc3)C2=O)ccc1OCc1ccc(Cl)c(Cl)c1. The van der Waals surface area contributed by atoms with Gasteiger partial charge in [-0.3, -0.25) is 14.9 Å². The summed E-state index contributed by atoms with van der Waals surface area (Å²) in [4.78, 5) is 38.4. The number of amides is 4. The van der Waals surface area contributed by atoms with Crippen molar-refractivity contribution in [1.82, 2.24) is 5.32 Å². The number of anilines is 1. The van der Waals surface area contributed by atoms with Gasteiger partial charge in [-0.2, -0.15) is 0 Å². The van der Waals surface area contributed by atoms with Gasteiger partial charge in [0.2, 0.25) is 0 Å². The fourth-order valence-corrected chi connectivity index (χ4v) is 3.65. The molecule has 0 aliphatic carbocycles. The van der Waals surface area contributed by atoms with Crippen molar-refractivity contribution in [2.24, 2.45) is 0 Å². The van der Waals surface area contributed by atoms with Crippen LogP contribution in [-0.2, 0) is 16.2 Å². The fraction of sp³-hybridized carbons (Fsp3) is 0.0800. The predicted octanol–water partition coefficient (Wildman–Crippen LogP) is 5.39. The molecule has 0 unspecified atom stereocenters. The monoisotopic (exact) mass is 514 g/mol. The average Bonchev–Trinajstić information content (AvgIpc) is 2.84. The first-order chi connectivity index (χ1) is 16.8. The molecule has 7 nitrogen and oxygen atoms in total.